The zero-order chi connectivity index (χ0) is 100. The molecule has 46 heteroatoms. The average molecular weight is 2050 g/mol. The van der Waals surface area contributed by atoms with Gasteiger partial charge in [-0.15, -0.1) is 6.58 Å². The lowest BCUT2D eigenvalue weighted by Crippen LogP contribution is -2.66. The second-order valence-electron chi connectivity index (χ2n) is 30.6. The van der Waals surface area contributed by atoms with Gasteiger partial charge >= 0.3 is 65.7 Å². The number of ether oxygens (including phenoxy) is 10. The topological polar surface area (TPSA) is 751 Å². The number of H-pyrrole nitrogens is 3. The number of benzene rings is 1. The molecule has 2 heterocycles. The summed E-state index contributed by atoms with van der Waals surface area (Å²) in [5.74, 6) is -1.12. The Bertz CT molecular complexity index is 3540. The van der Waals surface area contributed by atoms with Crippen LogP contribution in [0.15, 0.2) is 49.6 Å². The molecule has 0 radical (unpaired) electrons. The highest BCUT2D eigenvalue weighted by Crippen LogP contribution is 2.26. The number of nitrogens with two attached hydrogens (primary N) is 3. The van der Waals surface area contributed by atoms with Gasteiger partial charge in [0.2, 0.25) is 12.2 Å². The van der Waals surface area contributed by atoms with Crippen molar-refractivity contribution in [3.63, 3.8) is 0 Å². The molecule has 1 aromatic carbocycles. The summed E-state index contributed by atoms with van der Waals surface area (Å²) in [7, 11) is 3.33. The Morgan fingerprint density at radius 2 is 0.876 bits per heavy atom. The lowest BCUT2D eigenvalue weighted by atomic mass is 10.0. The molecule has 3 aromatic rings. The van der Waals surface area contributed by atoms with Crippen molar-refractivity contribution >= 4 is 128 Å². The van der Waals surface area contributed by atoms with Gasteiger partial charge in [-0.2, -0.15) is 12.6 Å². The number of fused-ring (bicyclic) bond motifs is 1. The summed E-state index contributed by atoms with van der Waals surface area (Å²) in [5, 5.41) is 24.2. The van der Waals surface area contributed by atoms with Crippen molar-refractivity contribution in [2.24, 2.45) is 17.2 Å². The van der Waals surface area contributed by atoms with E-state index in [1.54, 1.807) is 31.6 Å². The minimum Gasteiger partial charge on any atom is -0.508 e. The molecule has 3 rings (SSSR count). The summed E-state index contributed by atoms with van der Waals surface area (Å²) < 4.78 is 61.8. The fourth-order valence-corrected chi connectivity index (χ4v) is 13.8. The molecule has 0 aliphatic rings. The third kappa shape index (κ3) is 97.7. The number of nitrogens with one attached hydrogen (secondary N) is 5. The summed E-state index contributed by atoms with van der Waals surface area (Å²) in [6.45, 7) is 37.0. The van der Waals surface area contributed by atoms with Gasteiger partial charge < -0.3 is 209 Å². The molecule has 40 N–H and O–H groups in total. The van der Waals surface area contributed by atoms with Crippen molar-refractivity contribution in [1.82, 2.24) is 20.6 Å². The van der Waals surface area contributed by atoms with Gasteiger partial charge in [-0.3, -0.25) is 61.9 Å². The van der Waals surface area contributed by atoms with E-state index in [1.165, 1.54) is 83.9 Å². The number of carbonyl (C=O) groups is 12. The van der Waals surface area contributed by atoms with Crippen LogP contribution >= 0.6 is 34.2 Å². The molecular formula is C91H192N17O25S4+. The van der Waals surface area contributed by atoms with Crippen LogP contribution in [0.5, 0.6) is 5.75 Å². The van der Waals surface area contributed by atoms with Crippen LogP contribution in [-0.4, -0.2) is 273 Å². The van der Waals surface area contributed by atoms with Gasteiger partial charge in [0.1, 0.15) is 78.1 Å². The number of hydrogen-bond donors (Lipinski definition) is 19. The summed E-state index contributed by atoms with van der Waals surface area (Å²) in [6, 6.07) is 4.08. The number of hydrogen-bond acceptors (Lipinski definition) is 29. The van der Waals surface area contributed by atoms with Crippen LogP contribution in [-0.2, 0) is 124 Å². The van der Waals surface area contributed by atoms with Crippen LogP contribution in [0.2, 0.25) is 0 Å². The fourth-order valence-electron chi connectivity index (χ4n) is 10.00. The summed E-state index contributed by atoms with van der Waals surface area (Å²) >= 11 is 4.06. The second kappa shape index (κ2) is 97.9. The van der Waals surface area contributed by atoms with E-state index in [1.807, 2.05) is 87.7 Å². The van der Waals surface area contributed by atoms with Crippen LogP contribution < -0.4 is 84.4 Å². The number of phenols is 1. The van der Waals surface area contributed by atoms with Crippen LogP contribution in [0.1, 0.15) is 188 Å². The molecule has 0 spiro atoms. The van der Waals surface area contributed by atoms with E-state index in [-0.39, 0.29) is 242 Å². The zero-order valence-corrected chi connectivity index (χ0v) is 91.8. The third-order valence-electron chi connectivity index (χ3n) is 16.7. The highest BCUT2D eigenvalue weighted by atomic mass is 33.1. The number of thiol groups is 1. The van der Waals surface area contributed by atoms with Crippen molar-refractivity contribution in [2.75, 3.05) is 62.1 Å². The number of carbonyl (C=O) groups excluding carboxylic acids is 11. The maximum atomic E-state index is 11.4. The number of aromatic hydroxyl groups is 1. The van der Waals surface area contributed by atoms with Crippen molar-refractivity contribution in [2.45, 2.75) is 305 Å². The number of phenolic OH excluding ortho intramolecular Hbond substituents is 1. The molecule has 20 atom stereocenters. The molecule has 0 bridgehead atoms. The monoisotopic (exact) mass is 2050 g/mol. The van der Waals surface area contributed by atoms with E-state index in [9.17, 15) is 66.8 Å². The van der Waals surface area contributed by atoms with Gasteiger partial charge in [0.05, 0.1) is 18.8 Å². The zero-order valence-electron chi connectivity index (χ0n) is 88.5. The van der Waals surface area contributed by atoms with Gasteiger partial charge in [0.25, 0.3) is 0 Å². The first kappa shape index (κ1) is 162. The number of urea groups is 1. The molecule has 0 aliphatic carbocycles. The quantitative estimate of drug-likeness (QED) is 0.00651. The summed E-state index contributed by atoms with van der Waals surface area (Å²) in [6.07, 6.45) is 11.1. The van der Waals surface area contributed by atoms with Crippen LogP contribution in [0.4, 0.5) is 4.79 Å². The van der Waals surface area contributed by atoms with Crippen molar-refractivity contribution in [1.29, 1.82) is 0 Å². The number of amides is 3. The molecule has 20 unspecified atom stereocenters. The smallest absolute Gasteiger partial charge is 0.321 e. The predicted molar refractivity (Wildman–Crippen MR) is 546 cm³/mol. The van der Waals surface area contributed by atoms with E-state index in [0.717, 1.165) is 47.2 Å². The number of imidazole rings is 1. The first-order valence-corrected chi connectivity index (χ1v) is 46.7. The lowest BCUT2D eigenvalue weighted by molar-refractivity contribution is -0.433. The second-order valence-corrected chi connectivity index (χ2v) is 35.1. The van der Waals surface area contributed by atoms with E-state index < -0.39 is 28.8 Å². The molecule has 42 nitrogen and oxygen atoms in total. The number of rotatable bonds is 47. The number of primary amides is 1. The first-order valence-electron chi connectivity index (χ1n) is 42.1. The van der Waals surface area contributed by atoms with Crippen LogP contribution in [0.25, 0.3) is 10.9 Å². The number of quaternary nitrogens is 9. The summed E-state index contributed by atoms with van der Waals surface area (Å²) in [4.78, 5) is 138. The number of carboxylic acids is 1. The molecule has 2 aromatic heterocycles. The molecule has 0 fully saturated rings. The normalized spacial score (nSPS) is 14.1. The molecule has 3 amide bonds. The highest BCUT2D eigenvalue weighted by Gasteiger charge is 2.28. The van der Waals surface area contributed by atoms with Crippen LogP contribution in [0.3, 0.4) is 0 Å². The van der Waals surface area contributed by atoms with E-state index in [4.69, 9.17) is 69.7 Å². The number of esters is 9. The lowest BCUT2D eigenvalue weighted by Gasteiger charge is -2.17. The molecular weight excluding hydrogens is 1860 g/mol. The Labute approximate surface area is 836 Å². The largest absolute Gasteiger partial charge is 0.508 e. The summed E-state index contributed by atoms with van der Waals surface area (Å²) in [5.41, 5.74) is 52.9. The van der Waals surface area contributed by atoms with Crippen molar-refractivity contribution in [3.8, 4) is 5.75 Å². The molecule has 0 saturated heterocycles. The Hall–Kier alpha value is -8.33. The minimum atomic E-state index is -1.02. The van der Waals surface area contributed by atoms with E-state index in [0.29, 0.717) is 87.8 Å². The van der Waals surface area contributed by atoms with Crippen LogP contribution in [0, 0.1) is 66.8 Å². The van der Waals surface area contributed by atoms with E-state index in [2.05, 4.69) is 96.4 Å². The number of aromatic nitrogens is 3. The Morgan fingerprint density at radius 3 is 1.22 bits per heavy atom. The number of aromatic amines is 3. The standard InChI is InChI=1S/C14H18N2O3.C10H20N2O3.C9H19N3O3.C9H15N3O2.C9H18N2O4S2.C9H17NO3S.C8H18N2O2.C7H15NO3.C7H15NO2S.9CH3/c1-8(15)14(19-9(2)17)5-10-7-16-13-4-3-11(18)6-12(10)13;1-4-12-10(14)6-5-9(7(2)11)15-8(3)13;1-6(10)8(15-7(2)13)4-3-5-12-9(11)14;1-6(10)9(14-7(2)13)3-8-4-11-5-12-8;1-5(10)8(15-6(2)12)4-17-16-3-7(11)9(13)14;1-4-5-14(12)6-9(7(2)10)13-8(3)11;1-6(10)8(4-3-5-9)12-7(2)11;1-5(8)7(4-10-3)11-6(2)9;1-5(8)7(3-4-11)10-6(2)9;;;;;;;;;/h3-4,6-8,14,16,18H,5,15H2,1-2H3;7,9H,4-6,11H2,1-3H3,(H,12,14);6,8H,3-5,10H2,1-2H3,(H3,11,12,14);4-6,9H,3,10H2,1-2H3,(H,11,12);5,7-8H,3-4,10-11H2,1-2H3,(H,13,14);4,7,9H,1,5-6,10H2,2-3H3;6,8H,3-5,9-10H2,1-2H3;5,7H,4,8H2,1-3H3;5,7,11H,3-4,8H2,1-2H3;9*1H3/q;;;;;;;;;9*-1/p+10. The molecule has 0 saturated carbocycles. The Balaban J connectivity index is -0.0000000937. The van der Waals surface area contributed by atoms with Gasteiger partial charge in [-0.25, -0.2) is 9.78 Å². The minimum absolute atomic E-state index is 0. The maximum Gasteiger partial charge on any atom is 0.321 e. The maximum absolute atomic E-state index is 11.4. The molecule has 137 heavy (non-hydrogen) atoms. The highest BCUT2D eigenvalue weighted by molar-refractivity contribution is 8.76. The van der Waals surface area contributed by atoms with Crippen molar-refractivity contribution < 1.29 is 176 Å². The Kier molecular flexibility index (Phi) is 116. The fraction of sp³-hybridized carbons (Fsp3) is 0.626. The SMILES string of the molecule is C=CCS(=O)CC(OC(C)=O)C(C)[NH3+].CC(=O)OC(CCCN)C(C)[NH3+].CC(=O)OC(CCCNC(N)=O)C(C)[NH3+].CC(=O)OC(CCS)C(C)[NH3+].CC(=O)OC(CSSCC(N)C(=O)O)C(C)[NH3+].CC(=O)OC(Cc1c[nH+]c[nH]1)C(C)[NH3+].CC(=O)OC(Cc1c[nH]c2ccc(O)cc12)C(C)[NH3+].CCNC(=O)CCC(OC(C)=O)C(C)[NH3+].COCC(OC(C)=O)C(C)[NH3+].[CH3-].[CH3-].[CH3-].[CH3-].[CH3-].[CH3-].[CH3-].[CH3-].[CH3-]. The third-order valence-corrected chi connectivity index (χ3v) is 20.7. The predicted octanol–water partition coefficient (Wildman–Crippen LogP) is -0.398. The van der Waals surface area contributed by atoms with Gasteiger partial charge in [-0.05, 0) is 144 Å². The van der Waals surface area contributed by atoms with Gasteiger partial charge in [0, 0.05) is 141 Å². The number of methoxy groups -OCH3 is 1. The molecule has 814 valence electrons. The van der Waals surface area contributed by atoms with Gasteiger partial charge in [0.15, 0.2) is 54.9 Å². The van der Waals surface area contributed by atoms with Crippen molar-refractivity contribution in [3.05, 3.63) is 128 Å². The average Bonchev–Trinajstić information content (AvgIpc) is 1.68. The first-order chi connectivity index (χ1) is 59.5. The Morgan fingerprint density at radius 1 is 0.518 bits per heavy atom. The van der Waals surface area contributed by atoms with Gasteiger partial charge in [-0.1, -0.05) is 27.7 Å². The van der Waals surface area contributed by atoms with E-state index >= 15 is 0 Å². The number of carboxylic acid groups (broad SMARTS) is 1. The molecule has 0 aliphatic heterocycles. The number of aliphatic carboxylic acids is 1.